The van der Waals surface area contributed by atoms with Crippen LogP contribution in [-0.2, 0) is 37.3 Å². The molecule has 0 radical (unpaired) electrons. The lowest BCUT2D eigenvalue weighted by atomic mass is 10.00. The molecule has 0 N–H and O–H groups in total. The summed E-state index contributed by atoms with van der Waals surface area (Å²) in [5.41, 5.74) is -5.53. The minimum Gasteiger partial charge on any atom is -0.497 e. The molecule has 12 heteroatoms. The molecule has 2 rings (SSSR count). The van der Waals surface area contributed by atoms with E-state index in [0.29, 0.717) is 5.75 Å². The normalized spacial score (nSPS) is 12.8. The first-order valence-electron chi connectivity index (χ1n) is 9.37. The van der Waals surface area contributed by atoms with Crippen LogP contribution in [0.5, 0.6) is 5.75 Å². The monoisotopic (exact) mass is 493 g/mol. The number of sulfonamides is 1. The largest absolute Gasteiger partial charge is 0.516 e. The summed E-state index contributed by atoms with van der Waals surface area (Å²) in [6.45, 7) is 2.13. The van der Waals surface area contributed by atoms with E-state index < -0.39 is 39.7 Å². The quantitative estimate of drug-likeness (QED) is 0.368. The Morgan fingerprint density at radius 2 is 1.78 bits per heavy atom. The van der Waals surface area contributed by atoms with Crippen LogP contribution in [0.2, 0.25) is 0 Å². The predicted octanol–water partition coefficient (Wildman–Crippen LogP) is 3.92. The number of hydrogen-bond donors (Lipinski definition) is 0. The van der Waals surface area contributed by atoms with Gasteiger partial charge < -0.3 is 9.47 Å². The van der Waals surface area contributed by atoms with E-state index in [1.807, 2.05) is 0 Å². The molecule has 0 aliphatic rings. The number of halogens is 3. The molecule has 1 heterocycles. The summed E-state index contributed by atoms with van der Waals surface area (Å²) in [5.74, 6) is -2.17. The van der Waals surface area contributed by atoms with Crippen molar-refractivity contribution >= 4 is 38.8 Å². The molecule has 0 aliphatic carbocycles. The first-order chi connectivity index (χ1) is 14.9. The Balaban J connectivity index is 2.50. The van der Waals surface area contributed by atoms with Crippen molar-refractivity contribution < 1.29 is 40.7 Å². The summed E-state index contributed by atoms with van der Waals surface area (Å²) in [6.07, 6.45) is -0.284. The number of alkyl halides is 3. The fourth-order valence-electron chi connectivity index (χ4n) is 2.85. The van der Waals surface area contributed by atoms with Crippen molar-refractivity contribution in [3.8, 4) is 5.75 Å². The number of carbonyl (C=O) groups is 2. The summed E-state index contributed by atoms with van der Waals surface area (Å²) in [5, 5.41) is 1.40. The van der Waals surface area contributed by atoms with Crippen LogP contribution in [0.25, 0.3) is 0 Å². The molecule has 0 saturated heterocycles. The number of esters is 1. The Kier molecular flexibility index (Phi) is 8.29. The third-order valence-corrected chi connectivity index (χ3v) is 6.93. The van der Waals surface area contributed by atoms with Gasteiger partial charge in [0.15, 0.2) is 0 Å². The van der Waals surface area contributed by atoms with Gasteiger partial charge in [-0.15, -0.1) is 11.3 Å². The van der Waals surface area contributed by atoms with Crippen molar-refractivity contribution in [1.82, 2.24) is 0 Å². The maximum Gasteiger partial charge on any atom is 0.516 e. The fourth-order valence-corrected chi connectivity index (χ4v) is 4.83. The molecule has 0 fully saturated rings. The van der Waals surface area contributed by atoms with E-state index in [1.165, 1.54) is 42.8 Å². The maximum absolute atomic E-state index is 13.5. The lowest BCUT2D eigenvalue weighted by molar-refractivity contribution is -0.151. The lowest BCUT2D eigenvalue weighted by Crippen LogP contribution is -2.40. The lowest BCUT2D eigenvalue weighted by Gasteiger charge is -2.26. The van der Waals surface area contributed by atoms with Crippen LogP contribution >= 0.6 is 11.3 Å². The highest BCUT2D eigenvalue weighted by Crippen LogP contribution is 2.37. The first kappa shape index (κ1) is 25.7. The van der Waals surface area contributed by atoms with Crippen LogP contribution in [0.4, 0.5) is 18.9 Å². The van der Waals surface area contributed by atoms with Crippen LogP contribution in [0.15, 0.2) is 35.7 Å². The molecule has 1 atom stereocenters. The molecule has 1 unspecified atom stereocenters. The molecule has 176 valence electrons. The van der Waals surface area contributed by atoms with E-state index in [2.05, 4.69) is 0 Å². The van der Waals surface area contributed by atoms with Crippen LogP contribution in [0.1, 0.15) is 24.3 Å². The van der Waals surface area contributed by atoms with E-state index in [4.69, 9.17) is 9.47 Å². The smallest absolute Gasteiger partial charge is 0.497 e. The number of methoxy groups -OCH3 is 1. The van der Waals surface area contributed by atoms with Crippen molar-refractivity contribution in [1.29, 1.82) is 0 Å². The zero-order valence-corrected chi connectivity index (χ0v) is 19.1. The van der Waals surface area contributed by atoms with Gasteiger partial charge in [0.05, 0.1) is 25.9 Å². The summed E-state index contributed by atoms with van der Waals surface area (Å²) in [6, 6.07) is 7.10. The van der Waals surface area contributed by atoms with Gasteiger partial charge in [-0.1, -0.05) is 12.1 Å². The third-order valence-electron chi connectivity index (χ3n) is 4.51. The summed E-state index contributed by atoms with van der Waals surface area (Å²) >= 11 is 0.949. The van der Waals surface area contributed by atoms with Crippen LogP contribution in [-0.4, -0.2) is 39.4 Å². The molecule has 32 heavy (non-hydrogen) atoms. The van der Waals surface area contributed by atoms with E-state index in [0.717, 1.165) is 18.3 Å². The summed E-state index contributed by atoms with van der Waals surface area (Å²) < 4.78 is 75.4. The van der Waals surface area contributed by atoms with Gasteiger partial charge in [0.2, 0.25) is 0 Å². The molecule has 0 aliphatic heterocycles. The Hall–Kier alpha value is -2.60. The molecule has 2 aromatic rings. The summed E-state index contributed by atoms with van der Waals surface area (Å²) in [7, 11) is -4.36. The Morgan fingerprint density at radius 3 is 2.28 bits per heavy atom. The highest BCUT2D eigenvalue weighted by atomic mass is 32.2. The number of carbonyl (C=O) groups excluding carboxylic acids is 2. The molecule has 1 aromatic heterocycles. The minimum absolute atomic E-state index is 0.0198. The second-order valence-corrected chi connectivity index (χ2v) is 9.51. The zero-order valence-electron chi connectivity index (χ0n) is 17.5. The number of thiophene rings is 1. The van der Waals surface area contributed by atoms with E-state index in [9.17, 15) is 31.2 Å². The Bertz CT molecular complexity index is 1050. The van der Waals surface area contributed by atoms with Crippen LogP contribution in [0.3, 0.4) is 0 Å². The zero-order chi connectivity index (χ0) is 24.1. The van der Waals surface area contributed by atoms with Crippen LogP contribution < -0.4 is 9.04 Å². The summed E-state index contributed by atoms with van der Waals surface area (Å²) in [4.78, 5) is 24.2. The van der Waals surface area contributed by atoms with Gasteiger partial charge >= 0.3 is 21.5 Å². The average molecular weight is 494 g/mol. The van der Waals surface area contributed by atoms with Crippen molar-refractivity contribution in [2.24, 2.45) is 5.92 Å². The predicted molar refractivity (Wildman–Crippen MR) is 113 cm³/mol. The Morgan fingerprint density at radius 1 is 1.16 bits per heavy atom. The molecule has 0 saturated carbocycles. The number of nitrogens with zero attached hydrogens (tertiary/aromatic N) is 1. The minimum atomic E-state index is -5.78. The number of Topliss-reactive ketones (excluding diaryl/α,β-unsaturated/α-hetero) is 1. The number of rotatable bonds is 10. The topological polar surface area (TPSA) is 90.0 Å². The molecular weight excluding hydrogens is 471 g/mol. The van der Waals surface area contributed by atoms with Crippen molar-refractivity contribution in [2.75, 3.05) is 18.0 Å². The maximum atomic E-state index is 13.5. The Labute approximate surface area is 187 Å². The van der Waals surface area contributed by atoms with Gasteiger partial charge in [0.25, 0.3) is 0 Å². The number of anilines is 1. The van der Waals surface area contributed by atoms with Gasteiger partial charge in [0, 0.05) is 11.3 Å². The fraction of sp³-hybridized carbons (Fsp3) is 0.400. The molecule has 0 bridgehead atoms. The SMILES string of the molecule is CCOC(=O)C(Cc1sccc1N(Cc1ccc(OC)cc1)S(=O)(=O)C(F)(F)F)C(C)=O. The van der Waals surface area contributed by atoms with Gasteiger partial charge in [-0.3, -0.25) is 13.9 Å². The van der Waals surface area contributed by atoms with Gasteiger partial charge in [0.1, 0.15) is 17.5 Å². The van der Waals surface area contributed by atoms with E-state index >= 15 is 0 Å². The second-order valence-electron chi connectivity index (χ2n) is 6.65. The molecular formula is C20H22F3NO6S2. The number of ketones is 1. The molecule has 0 amide bonds. The first-order valence-corrected chi connectivity index (χ1v) is 11.7. The van der Waals surface area contributed by atoms with Crippen molar-refractivity contribution in [3.63, 3.8) is 0 Å². The standard InChI is InChI=1S/C20H22F3NO6S2/c1-4-30-19(26)16(13(2)25)11-18-17(9-10-31-18)24(32(27,28)20(21,22)23)12-14-5-7-15(29-3)8-6-14/h5-10,16H,4,11-12H2,1-3H3. The van der Waals surface area contributed by atoms with E-state index in [1.54, 1.807) is 6.92 Å². The van der Waals surface area contributed by atoms with Crippen molar-refractivity contribution in [2.45, 2.75) is 32.3 Å². The number of ether oxygens (including phenoxy) is 2. The molecule has 0 spiro atoms. The van der Waals surface area contributed by atoms with E-state index in [-0.39, 0.29) is 33.5 Å². The number of hydrogen-bond acceptors (Lipinski definition) is 7. The average Bonchev–Trinajstić information content (AvgIpc) is 3.17. The van der Waals surface area contributed by atoms with Gasteiger partial charge in [-0.25, -0.2) is 0 Å². The highest BCUT2D eigenvalue weighted by molar-refractivity contribution is 7.93. The number of benzene rings is 1. The highest BCUT2D eigenvalue weighted by Gasteiger charge is 2.51. The third kappa shape index (κ3) is 5.80. The molecule has 7 nitrogen and oxygen atoms in total. The second kappa shape index (κ2) is 10.3. The molecule has 1 aromatic carbocycles. The van der Waals surface area contributed by atoms with Crippen molar-refractivity contribution in [3.05, 3.63) is 46.2 Å². The van der Waals surface area contributed by atoms with Gasteiger partial charge in [-0.2, -0.15) is 21.6 Å². The van der Waals surface area contributed by atoms with Gasteiger partial charge in [-0.05, 0) is 43.0 Å². The van der Waals surface area contributed by atoms with Crippen LogP contribution in [0, 0.1) is 5.92 Å².